The molecule has 6 nitrogen and oxygen atoms in total. The zero-order valence-electron chi connectivity index (χ0n) is 8.08. The summed E-state index contributed by atoms with van der Waals surface area (Å²) < 4.78 is 59.7. The van der Waals surface area contributed by atoms with Gasteiger partial charge < -0.3 is 15.7 Å². The van der Waals surface area contributed by atoms with Crippen LogP contribution in [0.15, 0.2) is 0 Å². The van der Waals surface area contributed by atoms with Crippen LogP contribution in [0.25, 0.3) is 0 Å². The quantitative estimate of drug-likeness (QED) is 0.548. The van der Waals surface area contributed by atoms with Crippen molar-refractivity contribution >= 4 is 16.1 Å². The van der Waals surface area contributed by atoms with E-state index in [2.05, 4.69) is 9.50 Å². The Morgan fingerprint density at radius 3 is 2.31 bits per heavy atom. The van der Waals surface area contributed by atoms with Gasteiger partial charge in [-0.2, -0.15) is 21.6 Å². The molecule has 1 heterocycles. The van der Waals surface area contributed by atoms with Crippen molar-refractivity contribution in [3.8, 4) is 0 Å². The van der Waals surface area contributed by atoms with E-state index in [1.165, 1.54) is 0 Å². The fourth-order valence-electron chi connectivity index (χ4n) is 1.10. The molecule has 10 heteroatoms. The third kappa shape index (κ3) is 3.32. The van der Waals surface area contributed by atoms with E-state index >= 15 is 0 Å². The van der Waals surface area contributed by atoms with Gasteiger partial charge in [0.1, 0.15) is 6.04 Å². The molecule has 0 aromatic heterocycles. The van der Waals surface area contributed by atoms with Gasteiger partial charge in [0.05, 0.1) is 0 Å². The van der Waals surface area contributed by atoms with Gasteiger partial charge in [-0.1, -0.05) is 0 Å². The van der Waals surface area contributed by atoms with Crippen molar-refractivity contribution in [3.63, 3.8) is 0 Å². The highest BCUT2D eigenvalue weighted by molar-refractivity contribution is 7.88. The van der Waals surface area contributed by atoms with Crippen molar-refractivity contribution in [2.24, 2.45) is 0 Å². The summed E-state index contributed by atoms with van der Waals surface area (Å²) in [5.74, 6) is -1.41. The van der Waals surface area contributed by atoms with Crippen molar-refractivity contribution < 1.29 is 30.6 Å². The largest absolute Gasteiger partial charge is 0.534 e. The van der Waals surface area contributed by atoms with Gasteiger partial charge in [-0.25, -0.2) is 4.79 Å². The molecule has 16 heavy (non-hydrogen) atoms. The SMILES string of the molecule is N.O=C(OS(=O)(=O)C(F)(F)F)[C@@H]1CCCN1. The number of halogens is 3. The van der Waals surface area contributed by atoms with Crippen LogP contribution in [-0.4, -0.2) is 32.5 Å². The number of carbonyl (C=O) groups is 1. The van der Waals surface area contributed by atoms with Crippen molar-refractivity contribution in [2.45, 2.75) is 24.4 Å². The van der Waals surface area contributed by atoms with Gasteiger partial charge in [-0.05, 0) is 19.4 Å². The Hall–Kier alpha value is -0.870. The first-order valence-electron chi connectivity index (χ1n) is 4.02. The Kier molecular flexibility index (Phi) is 4.70. The first kappa shape index (κ1) is 15.1. The summed E-state index contributed by atoms with van der Waals surface area (Å²) in [7, 11) is -5.82. The average molecular weight is 264 g/mol. The lowest BCUT2D eigenvalue weighted by molar-refractivity contribution is -0.138. The molecule has 0 radical (unpaired) electrons. The highest BCUT2D eigenvalue weighted by Crippen LogP contribution is 2.25. The Labute approximate surface area is 89.8 Å². The minimum absolute atomic E-state index is 0. The molecule has 0 amide bonds. The molecule has 4 N–H and O–H groups in total. The lowest BCUT2D eigenvalue weighted by Crippen LogP contribution is -2.37. The van der Waals surface area contributed by atoms with E-state index in [9.17, 15) is 26.4 Å². The van der Waals surface area contributed by atoms with E-state index in [0.29, 0.717) is 13.0 Å². The molecule has 0 saturated carbocycles. The van der Waals surface area contributed by atoms with Crippen LogP contribution in [0.5, 0.6) is 0 Å². The van der Waals surface area contributed by atoms with E-state index in [-0.39, 0.29) is 12.6 Å². The molecule has 1 rings (SSSR count). The molecule has 0 aliphatic carbocycles. The maximum Gasteiger partial charge on any atom is 0.534 e. The van der Waals surface area contributed by atoms with E-state index < -0.39 is 27.6 Å². The van der Waals surface area contributed by atoms with Crippen LogP contribution >= 0.6 is 0 Å². The Bertz CT molecular complexity index is 347. The number of hydrogen-bond acceptors (Lipinski definition) is 6. The second-order valence-electron chi connectivity index (χ2n) is 2.95. The highest BCUT2D eigenvalue weighted by Gasteiger charge is 2.50. The molecule has 0 bridgehead atoms. The number of hydrogen-bond donors (Lipinski definition) is 2. The molecule has 1 saturated heterocycles. The highest BCUT2D eigenvalue weighted by atomic mass is 32.2. The molecule has 0 aromatic rings. The third-order valence-corrected chi connectivity index (χ3v) is 2.77. The monoisotopic (exact) mass is 264 g/mol. The first-order chi connectivity index (χ1) is 6.74. The number of carbonyl (C=O) groups excluding carboxylic acids is 1. The van der Waals surface area contributed by atoms with Crippen LogP contribution in [-0.2, 0) is 19.1 Å². The van der Waals surface area contributed by atoms with Crippen molar-refractivity contribution in [1.29, 1.82) is 0 Å². The van der Waals surface area contributed by atoms with E-state index in [1.54, 1.807) is 0 Å². The van der Waals surface area contributed by atoms with Gasteiger partial charge in [0.25, 0.3) is 0 Å². The Morgan fingerprint density at radius 2 is 1.94 bits per heavy atom. The molecule has 1 aliphatic rings. The van der Waals surface area contributed by atoms with Crippen LogP contribution in [0.3, 0.4) is 0 Å². The fourth-order valence-corrected chi connectivity index (χ4v) is 1.53. The minimum atomic E-state index is -5.82. The molecule has 0 aromatic carbocycles. The van der Waals surface area contributed by atoms with Crippen molar-refractivity contribution in [1.82, 2.24) is 11.5 Å². The Morgan fingerprint density at radius 1 is 1.38 bits per heavy atom. The molecule has 1 atom stereocenters. The number of nitrogens with one attached hydrogen (secondary N) is 1. The molecule has 1 fully saturated rings. The molecular weight excluding hydrogens is 253 g/mol. The van der Waals surface area contributed by atoms with E-state index in [0.717, 1.165) is 0 Å². The first-order valence-corrected chi connectivity index (χ1v) is 5.43. The summed E-state index contributed by atoms with van der Waals surface area (Å²) in [5, 5.41) is 2.52. The maximum absolute atomic E-state index is 11.8. The predicted molar refractivity (Wildman–Crippen MR) is 47.1 cm³/mol. The van der Waals surface area contributed by atoms with Crippen molar-refractivity contribution in [2.75, 3.05) is 6.54 Å². The normalized spacial score (nSPS) is 21.3. The standard InChI is InChI=1S/C6H8F3NO4S.H3N/c7-6(8,9)15(12,13)14-5(11)4-2-1-3-10-4;/h4,10H,1-3H2;1H3/t4-;/m0./s1. The molecule has 0 unspecified atom stereocenters. The smallest absolute Gasteiger partial charge is 0.344 e. The van der Waals surface area contributed by atoms with Crippen LogP contribution < -0.4 is 11.5 Å². The minimum Gasteiger partial charge on any atom is -0.344 e. The van der Waals surface area contributed by atoms with Crippen LogP contribution in [0.1, 0.15) is 12.8 Å². The zero-order valence-corrected chi connectivity index (χ0v) is 8.90. The van der Waals surface area contributed by atoms with E-state index in [4.69, 9.17) is 0 Å². The van der Waals surface area contributed by atoms with Gasteiger partial charge in [-0.3, -0.25) is 0 Å². The summed E-state index contributed by atoms with van der Waals surface area (Å²) in [4.78, 5) is 10.9. The molecule has 1 aliphatic heterocycles. The summed E-state index contributed by atoms with van der Waals surface area (Å²) >= 11 is 0. The van der Waals surface area contributed by atoms with Crippen LogP contribution in [0.4, 0.5) is 13.2 Å². The van der Waals surface area contributed by atoms with E-state index in [1.807, 2.05) is 0 Å². The van der Waals surface area contributed by atoms with Crippen LogP contribution in [0, 0.1) is 0 Å². The second kappa shape index (κ2) is 4.97. The number of alkyl halides is 3. The van der Waals surface area contributed by atoms with Gasteiger partial charge in [0.2, 0.25) is 0 Å². The molecule has 96 valence electrons. The second-order valence-corrected chi connectivity index (χ2v) is 4.49. The predicted octanol–water partition coefficient (Wildman–Crippen LogP) is 0.293. The topological polar surface area (TPSA) is 107 Å². The molecular formula is C6H11F3N2O4S. The van der Waals surface area contributed by atoms with Gasteiger partial charge in [0, 0.05) is 0 Å². The summed E-state index contributed by atoms with van der Waals surface area (Å²) in [6.07, 6.45) is 0.859. The van der Waals surface area contributed by atoms with Gasteiger partial charge >= 0.3 is 21.6 Å². The lowest BCUT2D eigenvalue weighted by Gasteiger charge is -2.11. The van der Waals surface area contributed by atoms with Gasteiger partial charge in [-0.15, -0.1) is 0 Å². The molecule has 0 spiro atoms. The lowest BCUT2D eigenvalue weighted by atomic mass is 10.2. The summed E-state index contributed by atoms with van der Waals surface area (Å²) in [5.41, 5.74) is -5.57. The summed E-state index contributed by atoms with van der Waals surface area (Å²) in [6.45, 7) is 0.450. The summed E-state index contributed by atoms with van der Waals surface area (Å²) in [6, 6.07) is -0.970. The third-order valence-electron chi connectivity index (χ3n) is 1.82. The van der Waals surface area contributed by atoms with Crippen molar-refractivity contribution in [3.05, 3.63) is 0 Å². The fraction of sp³-hybridized carbons (Fsp3) is 0.833. The maximum atomic E-state index is 11.8. The number of rotatable bonds is 2. The Balaban J connectivity index is 0.00000225. The van der Waals surface area contributed by atoms with Gasteiger partial charge in [0.15, 0.2) is 0 Å². The average Bonchev–Trinajstić information content (AvgIpc) is 2.51. The zero-order chi connectivity index (χ0) is 11.7. The van der Waals surface area contributed by atoms with Crippen LogP contribution in [0.2, 0.25) is 0 Å².